The van der Waals surface area contributed by atoms with Crippen molar-refractivity contribution in [2.45, 2.75) is 39.0 Å². The van der Waals surface area contributed by atoms with Crippen molar-refractivity contribution in [3.8, 4) is 0 Å². The van der Waals surface area contributed by atoms with Crippen molar-refractivity contribution in [3.63, 3.8) is 0 Å². The summed E-state index contributed by atoms with van der Waals surface area (Å²) in [6.45, 7) is 4.24. The standard InChI is InChI=1S/C19H28N2O2/c1-3-4-12-20(2)19(23)17-14-18(22)21(15-17)13-8-11-16-9-6-5-7-10-16/h5-7,9-10,17H,3-4,8,11-15H2,1-2H3. The van der Waals surface area contributed by atoms with Crippen LogP contribution in [0.15, 0.2) is 30.3 Å². The quantitative estimate of drug-likeness (QED) is 0.740. The maximum Gasteiger partial charge on any atom is 0.227 e. The fraction of sp³-hybridized carbons (Fsp3) is 0.579. The summed E-state index contributed by atoms with van der Waals surface area (Å²) in [6.07, 6.45) is 4.39. The largest absolute Gasteiger partial charge is 0.345 e. The molecule has 1 aromatic rings. The van der Waals surface area contributed by atoms with Crippen LogP contribution in [0.5, 0.6) is 0 Å². The monoisotopic (exact) mass is 316 g/mol. The first kappa shape index (κ1) is 17.5. The van der Waals surface area contributed by atoms with E-state index in [1.807, 2.05) is 30.1 Å². The Kier molecular flexibility index (Phi) is 6.63. The van der Waals surface area contributed by atoms with Gasteiger partial charge in [0, 0.05) is 33.1 Å². The van der Waals surface area contributed by atoms with Crippen molar-refractivity contribution in [2.24, 2.45) is 5.92 Å². The smallest absolute Gasteiger partial charge is 0.227 e. The van der Waals surface area contributed by atoms with E-state index in [2.05, 4.69) is 19.1 Å². The second kappa shape index (κ2) is 8.70. The highest BCUT2D eigenvalue weighted by atomic mass is 16.2. The number of hydrogen-bond acceptors (Lipinski definition) is 2. The Morgan fingerprint density at radius 1 is 1.26 bits per heavy atom. The van der Waals surface area contributed by atoms with Crippen LogP contribution in [-0.2, 0) is 16.0 Å². The van der Waals surface area contributed by atoms with Crippen LogP contribution in [0.3, 0.4) is 0 Å². The molecule has 1 aromatic carbocycles. The first-order valence-electron chi connectivity index (χ1n) is 8.68. The number of carbonyl (C=O) groups excluding carboxylic acids is 2. The minimum Gasteiger partial charge on any atom is -0.345 e. The van der Waals surface area contributed by atoms with Crippen LogP contribution < -0.4 is 0 Å². The summed E-state index contributed by atoms with van der Waals surface area (Å²) in [5.41, 5.74) is 1.30. The van der Waals surface area contributed by atoms with E-state index in [1.54, 1.807) is 4.90 Å². The van der Waals surface area contributed by atoms with Gasteiger partial charge in [-0.25, -0.2) is 0 Å². The number of hydrogen-bond donors (Lipinski definition) is 0. The number of likely N-dealkylation sites (tertiary alicyclic amines) is 1. The minimum absolute atomic E-state index is 0.123. The fourth-order valence-electron chi connectivity index (χ4n) is 3.09. The van der Waals surface area contributed by atoms with Crippen molar-refractivity contribution in [1.29, 1.82) is 0 Å². The lowest BCUT2D eigenvalue weighted by Crippen LogP contribution is -2.35. The third kappa shape index (κ3) is 5.08. The van der Waals surface area contributed by atoms with E-state index in [9.17, 15) is 9.59 Å². The summed E-state index contributed by atoms with van der Waals surface area (Å²) < 4.78 is 0. The van der Waals surface area contributed by atoms with E-state index in [0.717, 1.165) is 38.8 Å². The van der Waals surface area contributed by atoms with Gasteiger partial charge in [-0.1, -0.05) is 43.7 Å². The van der Waals surface area contributed by atoms with Gasteiger partial charge < -0.3 is 9.80 Å². The summed E-state index contributed by atoms with van der Waals surface area (Å²) in [7, 11) is 1.85. The Balaban J connectivity index is 1.77. The Bertz CT molecular complexity index is 515. The third-order valence-corrected chi connectivity index (χ3v) is 4.52. The van der Waals surface area contributed by atoms with Gasteiger partial charge in [-0.15, -0.1) is 0 Å². The number of rotatable bonds is 8. The van der Waals surface area contributed by atoms with Gasteiger partial charge in [-0.3, -0.25) is 9.59 Å². The van der Waals surface area contributed by atoms with Gasteiger partial charge in [-0.2, -0.15) is 0 Å². The molecule has 0 aromatic heterocycles. The lowest BCUT2D eigenvalue weighted by atomic mass is 10.1. The van der Waals surface area contributed by atoms with Crippen molar-refractivity contribution < 1.29 is 9.59 Å². The van der Waals surface area contributed by atoms with Crippen molar-refractivity contribution in [2.75, 3.05) is 26.7 Å². The number of aryl methyl sites for hydroxylation is 1. The topological polar surface area (TPSA) is 40.6 Å². The molecule has 1 fully saturated rings. The molecular weight excluding hydrogens is 288 g/mol. The molecule has 1 saturated heterocycles. The predicted molar refractivity (Wildman–Crippen MR) is 92.0 cm³/mol. The first-order chi connectivity index (χ1) is 11.1. The van der Waals surface area contributed by atoms with Crippen LogP contribution in [0.2, 0.25) is 0 Å². The highest BCUT2D eigenvalue weighted by Crippen LogP contribution is 2.20. The minimum atomic E-state index is -0.152. The Hall–Kier alpha value is -1.84. The van der Waals surface area contributed by atoms with Crippen LogP contribution in [0.1, 0.15) is 38.2 Å². The van der Waals surface area contributed by atoms with E-state index < -0.39 is 0 Å². The van der Waals surface area contributed by atoms with E-state index in [1.165, 1.54) is 5.56 Å². The normalized spacial score (nSPS) is 17.6. The number of amides is 2. The van der Waals surface area contributed by atoms with E-state index >= 15 is 0 Å². The van der Waals surface area contributed by atoms with Gasteiger partial charge in [0.2, 0.25) is 11.8 Å². The summed E-state index contributed by atoms with van der Waals surface area (Å²) in [5, 5.41) is 0. The molecule has 4 nitrogen and oxygen atoms in total. The SMILES string of the molecule is CCCCN(C)C(=O)C1CC(=O)N(CCCc2ccccc2)C1. The maximum absolute atomic E-state index is 12.4. The fourth-order valence-corrected chi connectivity index (χ4v) is 3.09. The molecule has 126 valence electrons. The summed E-state index contributed by atoms with van der Waals surface area (Å²) in [6, 6.07) is 10.3. The van der Waals surface area contributed by atoms with Crippen LogP contribution in [0.25, 0.3) is 0 Å². The average Bonchev–Trinajstić information content (AvgIpc) is 2.94. The molecular formula is C19H28N2O2. The van der Waals surface area contributed by atoms with Crippen molar-refractivity contribution in [1.82, 2.24) is 9.80 Å². The first-order valence-corrected chi connectivity index (χ1v) is 8.68. The van der Waals surface area contributed by atoms with Crippen molar-refractivity contribution >= 4 is 11.8 Å². The van der Waals surface area contributed by atoms with Crippen LogP contribution >= 0.6 is 0 Å². The lowest BCUT2D eigenvalue weighted by molar-refractivity contribution is -0.134. The number of benzene rings is 1. The number of nitrogens with zero attached hydrogens (tertiary/aromatic N) is 2. The summed E-state index contributed by atoms with van der Waals surface area (Å²) >= 11 is 0. The molecule has 0 aliphatic carbocycles. The zero-order valence-corrected chi connectivity index (χ0v) is 14.3. The van der Waals surface area contributed by atoms with E-state index in [4.69, 9.17) is 0 Å². The molecule has 0 spiro atoms. The summed E-state index contributed by atoms with van der Waals surface area (Å²) in [5.74, 6) is 0.0961. The van der Waals surface area contributed by atoms with Crippen LogP contribution in [-0.4, -0.2) is 48.3 Å². The van der Waals surface area contributed by atoms with Gasteiger partial charge in [-0.05, 0) is 24.8 Å². The van der Waals surface area contributed by atoms with Gasteiger partial charge in [0.1, 0.15) is 0 Å². The van der Waals surface area contributed by atoms with Gasteiger partial charge in [0.25, 0.3) is 0 Å². The molecule has 4 heteroatoms. The molecule has 0 N–H and O–H groups in total. The molecule has 2 rings (SSSR count). The lowest BCUT2D eigenvalue weighted by Gasteiger charge is -2.21. The predicted octanol–water partition coefficient (Wildman–Crippen LogP) is 2.73. The van der Waals surface area contributed by atoms with E-state index in [-0.39, 0.29) is 17.7 Å². The zero-order chi connectivity index (χ0) is 16.7. The molecule has 0 saturated carbocycles. The van der Waals surface area contributed by atoms with Gasteiger partial charge >= 0.3 is 0 Å². The van der Waals surface area contributed by atoms with Crippen LogP contribution in [0, 0.1) is 5.92 Å². The molecule has 1 aliphatic heterocycles. The number of carbonyl (C=O) groups is 2. The molecule has 0 bridgehead atoms. The molecule has 1 unspecified atom stereocenters. The third-order valence-electron chi connectivity index (χ3n) is 4.52. The highest BCUT2D eigenvalue weighted by molar-refractivity contribution is 5.89. The highest BCUT2D eigenvalue weighted by Gasteiger charge is 2.35. The maximum atomic E-state index is 12.4. The van der Waals surface area contributed by atoms with Crippen LogP contribution in [0.4, 0.5) is 0 Å². The zero-order valence-electron chi connectivity index (χ0n) is 14.3. The second-order valence-electron chi connectivity index (χ2n) is 6.44. The molecule has 0 radical (unpaired) electrons. The molecule has 23 heavy (non-hydrogen) atoms. The molecule has 1 aliphatic rings. The summed E-state index contributed by atoms with van der Waals surface area (Å²) in [4.78, 5) is 28.2. The Morgan fingerprint density at radius 3 is 2.70 bits per heavy atom. The molecule has 2 amide bonds. The molecule has 1 atom stereocenters. The number of unbranched alkanes of at least 4 members (excludes halogenated alkanes) is 1. The van der Waals surface area contributed by atoms with Gasteiger partial charge in [0.15, 0.2) is 0 Å². The van der Waals surface area contributed by atoms with Gasteiger partial charge in [0.05, 0.1) is 5.92 Å². The molecule has 1 heterocycles. The second-order valence-corrected chi connectivity index (χ2v) is 6.44. The van der Waals surface area contributed by atoms with E-state index in [0.29, 0.717) is 13.0 Å². The Labute approximate surface area is 139 Å². The average molecular weight is 316 g/mol. The Morgan fingerprint density at radius 2 is 2.00 bits per heavy atom. The van der Waals surface area contributed by atoms with Crippen molar-refractivity contribution in [3.05, 3.63) is 35.9 Å².